The summed E-state index contributed by atoms with van der Waals surface area (Å²) in [6.07, 6.45) is 5.33. The van der Waals surface area contributed by atoms with Crippen molar-refractivity contribution in [2.75, 3.05) is 12.8 Å². The Hall–Kier alpha value is -3.26. The predicted molar refractivity (Wildman–Crippen MR) is 123 cm³/mol. The summed E-state index contributed by atoms with van der Waals surface area (Å²) in [5, 5.41) is 0. The molecule has 0 aliphatic carbocycles. The number of halogens is 1. The van der Waals surface area contributed by atoms with E-state index in [9.17, 15) is 9.18 Å². The predicted octanol–water partition coefficient (Wildman–Crippen LogP) is 5.17. The summed E-state index contributed by atoms with van der Waals surface area (Å²) >= 11 is 1.65. The van der Waals surface area contributed by atoms with Crippen molar-refractivity contribution in [1.82, 2.24) is 24.8 Å². The van der Waals surface area contributed by atoms with Gasteiger partial charge in [-0.05, 0) is 62.4 Å². The van der Waals surface area contributed by atoms with E-state index in [2.05, 4.69) is 15.0 Å². The van der Waals surface area contributed by atoms with Gasteiger partial charge in [-0.25, -0.2) is 19.3 Å². The average Bonchev–Trinajstić information content (AvgIpc) is 3.46. The number of amides is 1. The second-order valence-electron chi connectivity index (χ2n) is 7.82. The van der Waals surface area contributed by atoms with Gasteiger partial charge in [0.2, 0.25) is 0 Å². The first-order chi connectivity index (χ1) is 15.5. The number of aryl methyl sites for hydroxylation is 1. The van der Waals surface area contributed by atoms with Crippen molar-refractivity contribution in [1.29, 1.82) is 0 Å². The number of hydrogen-bond acceptors (Lipinski definition) is 5. The molecule has 2 aromatic carbocycles. The van der Waals surface area contributed by atoms with Gasteiger partial charge in [-0.1, -0.05) is 6.07 Å². The Balaban J connectivity index is 1.53. The first-order valence-corrected chi connectivity index (χ1v) is 11.7. The smallest absolute Gasteiger partial charge is 0.258 e. The molecular formula is C24H22FN5OS. The Labute approximate surface area is 189 Å². The van der Waals surface area contributed by atoms with E-state index in [1.54, 1.807) is 37.0 Å². The second kappa shape index (κ2) is 8.35. The highest BCUT2D eigenvalue weighted by Crippen LogP contribution is 2.35. The number of H-pyrrole nitrogens is 1. The molecule has 1 fully saturated rings. The minimum absolute atomic E-state index is 0.141. The van der Waals surface area contributed by atoms with Crippen molar-refractivity contribution >= 4 is 28.7 Å². The van der Waals surface area contributed by atoms with Crippen LogP contribution >= 0.6 is 11.8 Å². The van der Waals surface area contributed by atoms with Crippen molar-refractivity contribution in [2.45, 2.75) is 30.7 Å². The summed E-state index contributed by atoms with van der Waals surface area (Å²) in [4.78, 5) is 33.7. The Morgan fingerprint density at radius 2 is 2.00 bits per heavy atom. The van der Waals surface area contributed by atoms with Crippen molar-refractivity contribution in [3.63, 3.8) is 0 Å². The zero-order valence-corrected chi connectivity index (χ0v) is 18.6. The monoisotopic (exact) mass is 447 g/mol. The van der Waals surface area contributed by atoms with Crippen LogP contribution in [0.1, 0.15) is 40.9 Å². The van der Waals surface area contributed by atoms with Gasteiger partial charge in [0.15, 0.2) is 0 Å². The van der Waals surface area contributed by atoms with Crippen molar-refractivity contribution in [2.24, 2.45) is 0 Å². The van der Waals surface area contributed by atoms with Gasteiger partial charge in [0.1, 0.15) is 23.0 Å². The molecule has 2 aromatic heterocycles. The highest BCUT2D eigenvalue weighted by molar-refractivity contribution is 7.98. The van der Waals surface area contributed by atoms with Crippen LogP contribution in [0, 0.1) is 12.7 Å². The molecule has 1 saturated heterocycles. The van der Waals surface area contributed by atoms with Crippen LogP contribution < -0.4 is 0 Å². The van der Waals surface area contributed by atoms with E-state index in [4.69, 9.17) is 4.98 Å². The van der Waals surface area contributed by atoms with Gasteiger partial charge in [-0.15, -0.1) is 11.8 Å². The van der Waals surface area contributed by atoms with Gasteiger partial charge in [0.25, 0.3) is 5.91 Å². The lowest BCUT2D eigenvalue weighted by Gasteiger charge is -2.24. The number of thioether (sulfide) groups is 1. The number of nitrogens with zero attached hydrogens (tertiary/aromatic N) is 4. The lowest BCUT2D eigenvalue weighted by atomic mass is 10.1. The zero-order chi connectivity index (χ0) is 22.2. The summed E-state index contributed by atoms with van der Waals surface area (Å²) in [7, 11) is 0. The van der Waals surface area contributed by atoms with E-state index < -0.39 is 0 Å². The van der Waals surface area contributed by atoms with E-state index in [1.165, 1.54) is 12.1 Å². The quantitative estimate of drug-likeness (QED) is 0.437. The number of imidazole rings is 1. The molecule has 5 rings (SSSR count). The first kappa shape index (κ1) is 20.6. The lowest BCUT2D eigenvalue weighted by molar-refractivity contribution is 0.0730. The third kappa shape index (κ3) is 3.64. The molecule has 162 valence electrons. The Bertz CT molecular complexity index is 1300. The number of benzene rings is 2. The zero-order valence-electron chi connectivity index (χ0n) is 17.8. The maximum absolute atomic E-state index is 13.7. The molecular weight excluding hydrogens is 425 g/mol. The number of likely N-dealkylation sites (tertiary alicyclic amines) is 1. The maximum atomic E-state index is 13.7. The van der Waals surface area contributed by atoms with E-state index in [1.807, 2.05) is 29.4 Å². The highest BCUT2D eigenvalue weighted by Gasteiger charge is 2.34. The molecule has 1 atom stereocenters. The van der Waals surface area contributed by atoms with E-state index >= 15 is 0 Å². The van der Waals surface area contributed by atoms with Crippen LogP contribution in [0.5, 0.6) is 0 Å². The average molecular weight is 448 g/mol. The van der Waals surface area contributed by atoms with Gasteiger partial charge in [0, 0.05) is 23.2 Å². The van der Waals surface area contributed by atoms with Crippen molar-refractivity contribution in [3.05, 3.63) is 71.7 Å². The van der Waals surface area contributed by atoms with Gasteiger partial charge < -0.3 is 9.88 Å². The number of aromatic amines is 1. The molecule has 1 N–H and O–H groups in total. The summed E-state index contributed by atoms with van der Waals surface area (Å²) in [5.74, 6) is 0.878. The van der Waals surface area contributed by atoms with Crippen LogP contribution in [-0.2, 0) is 0 Å². The number of fused-ring (bicyclic) bond motifs is 1. The molecule has 0 spiro atoms. The Kier molecular flexibility index (Phi) is 5.38. The molecule has 1 unspecified atom stereocenters. The summed E-state index contributed by atoms with van der Waals surface area (Å²) in [6.45, 7) is 2.41. The first-order valence-electron chi connectivity index (χ1n) is 10.5. The van der Waals surface area contributed by atoms with Crippen molar-refractivity contribution in [3.8, 4) is 11.3 Å². The normalized spacial score (nSPS) is 16.1. The summed E-state index contributed by atoms with van der Waals surface area (Å²) in [5.41, 5.74) is 3.51. The fourth-order valence-corrected chi connectivity index (χ4v) is 4.81. The maximum Gasteiger partial charge on any atom is 0.258 e. The number of rotatable bonds is 4. The van der Waals surface area contributed by atoms with E-state index in [-0.39, 0.29) is 17.8 Å². The molecule has 32 heavy (non-hydrogen) atoms. The molecule has 6 nitrogen and oxygen atoms in total. The number of hydrogen-bond donors (Lipinski definition) is 1. The third-order valence-corrected chi connectivity index (χ3v) is 6.57. The molecule has 3 heterocycles. The fraction of sp³-hybridized carbons (Fsp3) is 0.250. The minimum Gasteiger partial charge on any atom is -0.340 e. The largest absolute Gasteiger partial charge is 0.340 e. The second-order valence-corrected chi connectivity index (χ2v) is 8.67. The molecule has 1 aliphatic rings. The number of nitrogens with one attached hydrogen (secondary N) is 1. The number of aromatic nitrogens is 4. The Morgan fingerprint density at radius 3 is 2.78 bits per heavy atom. The molecule has 0 bridgehead atoms. The topological polar surface area (TPSA) is 74.8 Å². The van der Waals surface area contributed by atoms with E-state index in [0.29, 0.717) is 29.2 Å². The number of carbonyl (C=O) groups excluding carboxylic acids is 1. The van der Waals surface area contributed by atoms with Gasteiger partial charge >= 0.3 is 0 Å². The van der Waals surface area contributed by atoms with Crippen LogP contribution in [0.3, 0.4) is 0 Å². The molecule has 8 heteroatoms. The highest BCUT2D eigenvalue weighted by atomic mass is 32.2. The summed E-state index contributed by atoms with van der Waals surface area (Å²) < 4.78 is 13.4. The van der Waals surface area contributed by atoms with E-state index in [0.717, 1.165) is 34.6 Å². The fourth-order valence-electron chi connectivity index (χ4n) is 4.25. The minimum atomic E-state index is -0.332. The molecule has 0 saturated carbocycles. The molecule has 4 aromatic rings. The summed E-state index contributed by atoms with van der Waals surface area (Å²) in [6, 6.07) is 11.9. The molecule has 1 amide bonds. The van der Waals surface area contributed by atoms with Crippen LogP contribution in [0.25, 0.3) is 22.3 Å². The number of carbonyl (C=O) groups is 1. The SMILES string of the molecule is CSc1cccc2[nH]c(C3CCCN3C(=O)c3cnc(C)nc3-c3ccc(F)cc3)nc12. The van der Waals surface area contributed by atoms with Gasteiger partial charge in [0.05, 0.1) is 22.8 Å². The van der Waals surface area contributed by atoms with Gasteiger partial charge in [-0.2, -0.15) is 0 Å². The van der Waals surface area contributed by atoms with Crippen LogP contribution in [0.2, 0.25) is 0 Å². The third-order valence-electron chi connectivity index (χ3n) is 5.80. The number of para-hydroxylation sites is 1. The lowest BCUT2D eigenvalue weighted by Crippen LogP contribution is -2.31. The Morgan fingerprint density at radius 1 is 1.19 bits per heavy atom. The van der Waals surface area contributed by atoms with Gasteiger partial charge in [-0.3, -0.25) is 4.79 Å². The molecule has 1 aliphatic heterocycles. The molecule has 0 radical (unpaired) electrons. The van der Waals surface area contributed by atoms with Crippen molar-refractivity contribution < 1.29 is 9.18 Å². The van der Waals surface area contributed by atoms with Crippen LogP contribution in [-0.4, -0.2) is 43.5 Å². The van der Waals surface area contributed by atoms with Crippen LogP contribution in [0.4, 0.5) is 4.39 Å². The van der Waals surface area contributed by atoms with Crippen LogP contribution in [0.15, 0.2) is 53.6 Å². The standard InChI is InChI=1S/C24H22FN5OS/c1-14-26-13-17(21(27-14)15-8-10-16(25)11-9-15)24(31)30-12-4-6-19(30)23-28-18-5-3-7-20(32-2)22(18)29-23/h3,5,7-11,13,19H,4,6,12H2,1-2H3,(H,28,29).